The standard InChI is InChI=1S/C19H32N2O2/c1-6-7-12-17(14-21-18(22)23-19(3,4)5)20-13-16-11-9-8-10-15(16)2/h8-11,17,20H,6-7,12-14H2,1-5H3,(H,21,22). The van der Waals surface area contributed by atoms with Crippen molar-refractivity contribution in [1.82, 2.24) is 10.6 Å². The van der Waals surface area contributed by atoms with Gasteiger partial charge in [-0.2, -0.15) is 0 Å². The topological polar surface area (TPSA) is 50.4 Å². The van der Waals surface area contributed by atoms with Crippen LogP contribution in [0.4, 0.5) is 4.79 Å². The van der Waals surface area contributed by atoms with E-state index in [1.807, 2.05) is 20.8 Å². The summed E-state index contributed by atoms with van der Waals surface area (Å²) in [7, 11) is 0. The van der Waals surface area contributed by atoms with Crippen molar-refractivity contribution in [1.29, 1.82) is 0 Å². The summed E-state index contributed by atoms with van der Waals surface area (Å²) in [5.74, 6) is 0. The Balaban J connectivity index is 2.49. The molecule has 0 aliphatic rings. The lowest BCUT2D eigenvalue weighted by Gasteiger charge is -2.23. The van der Waals surface area contributed by atoms with Crippen molar-refractivity contribution >= 4 is 6.09 Å². The third kappa shape index (κ3) is 8.60. The zero-order chi connectivity index (χ0) is 17.3. The van der Waals surface area contributed by atoms with Crippen LogP contribution in [0.3, 0.4) is 0 Å². The molecular formula is C19H32N2O2. The molecule has 1 rings (SSSR count). The van der Waals surface area contributed by atoms with Crippen molar-refractivity contribution in [3.05, 3.63) is 35.4 Å². The summed E-state index contributed by atoms with van der Waals surface area (Å²) in [5, 5.41) is 6.44. The second kappa shape index (κ2) is 9.56. The second-order valence-corrected chi connectivity index (χ2v) is 7.03. The minimum atomic E-state index is -0.461. The number of benzene rings is 1. The van der Waals surface area contributed by atoms with Gasteiger partial charge in [0.15, 0.2) is 0 Å². The van der Waals surface area contributed by atoms with Crippen LogP contribution >= 0.6 is 0 Å². The fourth-order valence-electron chi connectivity index (χ4n) is 2.31. The number of nitrogens with one attached hydrogen (secondary N) is 2. The molecule has 0 spiro atoms. The number of ether oxygens (including phenoxy) is 1. The van der Waals surface area contributed by atoms with Gasteiger partial charge in [-0.25, -0.2) is 4.79 Å². The molecule has 1 amide bonds. The first kappa shape index (κ1) is 19.5. The van der Waals surface area contributed by atoms with Gasteiger partial charge in [0.2, 0.25) is 0 Å². The van der Waals surface area contributed by atoms with Gasteiger partial charge in [-0.3, -0.25) is 0 Å². The highest BCUT2D eigenvalue weighted by molar-refractivity contribution is 5.67. The first-order valence-electron chi connectivity index (χ1n) is 8.56. The number of hydrogen-bond acceptors (Lipinski definition) is 3. The van der Waals surface area contributed by atoms with Gasteiger partial charge in [0.1, 0.15) is 5.60 Å². The van der Waals surface area contributed by atoms with E-state index in [0.717, 1.165) is 25.8 Å². The van der Waals surface area contributed by atoms with Crippen LogP contribution in [0.5, 0.6) is 0 Å². The van der Waals surface area contributed by atoms with Crippen molar-refractivity contribution in [2.45, 2.75) is 72.1 Å². The zero-order valence-electron chi connectivity index (χ0n) is 15.2. The van der Waals surface area contributed by atoms with Crippen molar-refractivity contribution in [2.24, 2.45) is 0 Å². The van der Waals surface area contributed by atoms with Crippen LogP contribution < -0.4 is 10.6 Å². The van der Waals surface area contributed by atoms with Gasteiger partial charge in [0.25, 0.3) is 0 Å². The van der Waals surface area contributed by atoms with Crippen molar-refractivity contribution in [3.8, 4) is 0 Å². The van der Waals surface area contributed by atoms with Gasteiger partial charge in [-0.1, -0.05) is 44.0 Å². The van der Waals surface area contributed by atoms with Gasteiger partial charge < -0.3 is 15.4 Å². The predicted molar refractivity (Wildman–Crippen MR) is 95.6 cm³/mol. The maximum atomic E-state index is 11.8. The number of hydrogen-bond donors (Lipinski definition) is 2. The van der Waals surface area contributed by atoms with E-state index in [1.165, 1.54) is 11.1 Å². The molecule has 4 nitrogen and oxygen atoms in total. The fraction of sp³-hybridized carbons (Fsp3) is 0.632. The molecule has 1 aromatic rings. The number of carbonyl (C=O) groups excluding carboxylic acids is 1. The quantitative estimate of drug-likeness (QED) is 0.756. The molecular weight excluding hydrogens is 288 g/mol. The maximum absolute atomic E-state index is 11.8. The smallest absolute Gasteiger partial charge is 0.407 e. The Morgan fingerprint density at radius 2 is 1.96 bits per heavy atom. The summed E-state index contributed by atoms with van der Waals surface area (Å²) in [6.45, 7) is 11.3. The normalized spacial score (nSPS) is 12.7. The Hall–Kier alpha value is -1.55. The van der Waals surface area contributed by atoms with E-state index in [0.29, 0.717) is 6.54 Å². The molecule has 0 aromatic heterocycles. The number of rotatable bonds is 8. The summed E-state index contributed by atoms with van der Waals surface area (Å²) >= 11 is 0. The van der Waals surface area contributed by atoms with Crippen LogP contribution in [0.1, 0.15) is 58.1 Å². The molecule has 0 heterocycles. The van der Waals surface area contributed by atoms with E-state index in [4.69, 9.17) is 4.74 Å². The number of aryl methyl sites for hydroxylation is 1. The van der Waals surface area contributed by atoms with E-state index in [2.05, 4.69) is 48.7 Å². The van der Waals surface area contributed by atoms with E-state index in [9.17, 15) is 4.79 Å². The second-order valence-electron chi connectivity index (χ2n) is 7.03. The van der Waals surface area contributed by atoms with Crippen LogP contribution in [0, 0.1) is 6.92 Å². The Labute approximate surface area is 141 Å². The molecule has 0 saturated carbocycles. The number of unbranched alkanes of at least 4 members (excludes halogenated alkanes) is 1. The van der Waals surface area contributed by atoms with E-state index >= 15 is 0 Å². The lowest BCUT2D eigenvalue weighted by molar-refractivity contribution is 0.0521. The molecule has 0 aliphatic carbocycles. The van der Waals surface area contributed by atoms with Gasteiger partial charge in [0, 0.05) is 19.1 Å². The summed E-state index contributed by atoms with van der Waals surface area (Å²) < 4.78 is 5.30. The maximum Gasteiger partial charge on any atom is 0.407 e. The van der Waals surface area contributed by atoms with Crippen LogP contribution in [-0.2, 0) is 11.3 Å². The highest BCUT2D eigenvalue weighted by atomic mass is 16.6. The van der Waals surface area contributed by atoms with Gasteiger partial charge in [-0.15, -0.1) is 0 Å². The monoisotopic (exact) mass is 320 g/mol. The SMILES string of the molecule is CCCCC(CNC(=O)OC(C)(C)C)NCc1ccccc1C. The highest BCUT2D eigenvalue weighted by Gasteiger charge is 2.17. The summed E-state index contributed by atoms with van der Waals surface area (Å²) in [4.78, 5) is 11.8. The molecule has 23 heavy (non-hydrogen) atoms. The Morgan fingerprint density at radius 1 is 1.26 bits per heavy atom. The third-order valence-electron chi connectivity index (χ3n) is 3.64. The Kier molecular flexibility index (Phi) is 8.10. The molecule has 2 N–H and O–H groups in total. The van der Waals surface area contributed by atoms with E-state index in [1.54, 1.807) is 0 Å². The molecule has 0 saturated heterocycles. The van der Waals surface area contributed by atoms with Crippen LogP contribution in [-0.4, -0.2) is 24.3 Å². The minimum absolute atomic E-state index is 0.252. The highest BCUT2D eigenvalue weighted by Crippen LogP contribution is 2.09. The Bertz CT molecular complexity index is 481. The minimum Gasteiger partial charge on any atom is -0.444 e. The largest absolute Gasteiger partial charge is 0.444 e. The summed E-state index contributed by atoms with van der Waals surface area (Å²) in [6, 6.07) is 8.63. The molecule has 1 unspecified atom stereocenters. The first-order chi connectivity index (χ1) is 10.8. The van der Waals surface area contributed by atoms with Crippen LogP contribution in [0.25, 0.3) is 0 Å². The van der Waals surface area contributed by atoms with E-state index in [-0.39, 0.29) is 12.1 Å². The predicted octanol–water partition coefficient (Wildman–Crippen LogP) is 4.17. The third-order valence-corrected chi connectivity index (χ3v) is 3.64. The lowest BCUT2D eigenvalue weighted by atomic mass is 10.1. The first-order valence-corrected chi connectivity index (χ1v) is 8.56. The zero-order valence-corrected chi connectivity index (χ0v) is 15.2. The Morgan fingerprint density at radius 3 is 2.57 bits per heavy atom. The lowest BCUT2D eigenvalue weighted by Crippen LogP contribution is -2.42. The van der Waals surface area contributed by atoms with Gasteiger partial charge in [0.05, 0.1) is 0 Å². The number of carbonyl (C=O) groups is 1. The van der Waals surface area contributed by atoms with E-state index < -0.39 is 5.60 Å². The molecule has 0 radical (unpaired) electrons. The fourth-order valence-corrected chi connectivity index (χ4v) is 2.31. The average molecular weight is 320 g/mol. The van der Waals surface area contributed by atoms with Crippen LogP contribution in [0.2, 0.25) is 0 Å². The molecule has 0 fully saturated rings. The van der Waals surface area contributed by atoms with Crippen LogP contribution in [0.15, 0.2) is 24.3 Å². The molecule has 0 aliphatic heterocycles. The number of amides is 1. The van der Waals surface area contributed by atoms with Crippen molar-refractivity contribution in [2.75, 3.05) is 6.54 Å². The molecule has 130 valence electrons. The van der Waals surface area contributed by atoms with Crippen molar-refractivity contribution in [3.63, 3.8) is 0 Å². The molecule has 1 atom stereocenters. The average Bonchev–Trinajstić information content (AvgIpc) is 2.46. The van der Waals surface area contributed by atoms with Gasteiger partial charge in [-0.05, 0) is 45.2 Å². The summed E-state index contributed by atoms with van der Waals surface area (Å²) in [6.07, 6.45) is 2.98. The molecule has 1 aromatic carbocycles. The summed E-state index contributed by atoms with van der Waals surface area (Å²) in [5.41, 5.74) is 2.12. The molecule has 4 heteroatoms. The molecule has 0 bridgehead atoms. The van der Waals surface area contributed by atoms with Crippen molar-refractivity contribution < 1.29 is 9.53 Å². The number of alkyl carbamates (subject to hydrolysis) is 1. The van der Waals surface area contributed by atoms with Gasteiger partial charge >= 0.3 is 6.09 Å².